The van der Waals surface area contributed by atoms with Crippen LogP contribution in [0.15, 0.2) is 60.7 Å². The first-order valence-corrected chi connectivity index (χ1v) is 12.3. The first-order valence-electron chi connectivity index (χ1n) is 12.3. The molecular formula is C29H28F6O4. The second-order valence-electron chi connectivity index (χ2n) is 9.03. The fraction of sp³-hybridized carbons (Fsp3) is 0.345. The zero-order chi connectivity index (χ0) is 28.8. The third-order valence-electron chi connectivity index (χ3n) is 6.10. The van der Waals surface area contributed by atoms with Gasteiger partial charge < -0.3 is 14.6 Å². The Hall–Kier alpha value is -3.69. The van der Waals surface area contributed by atoms with Gasteiger partial charge >= 0.3 is 18.3 Å². The van der Waals surface area contributed by atoms with Crippen molar-refractivity contribution in [3.63, 3.8) is 0 Å². The van der Waals surface area contributed by atoms with Gasteiger partial charge in [-0.2, -0.15) is 26.3 Å². The van der Waals surface area contributed by atoms with Crippen LogP contribution >= 0.6 is 0 Å². The summed E-state index contributed by atoms with van der Waals surface area (Å²) in [5, 5.41) is 8.91. The van der Waals surface area contributed by atoms with Gasteiger partial charge in [0.1, 0.15) is 11.5 Å². The van der Waals surface area contributed by atoms with E-state index in [-0.39, 0.29) is 29.9 Å². The largest absolute Gasteiger partial charge is 0.493 e. The maximum Gasteiger partial charge on any atom is 0.416 e. The van der Waals surface area contributed by atoms with Crippen molar-refractivity contribution in [1.82, 2.24) is 0 Å². The Labute approximate surface area is 222 Å². The molecule has 0 bridgehead atoms. The van der Waals surface area contributed by atoms with Crippen molar-refractivity contribution in [3.8, 4) is 22.6 Å². The number of hydrogen-bond donors (Lipinski definition) is 1. The summed E-state index contributed by atoms with van der Waals surface area (Å²) in [6, 6.07) is 12.2. The molecule has 0 saturated carbocycles. The molecule has 1 atom stereocenters. The third-order valence-corrected chi connectivity index (χ3v) is 6.10. The summed E-state index contributed by atoms with van der Waals surface area (Å²) in [6.45, 7) is 3.84. The van der Waals surface area contributed by atoms with E-state index in [1.54, 1.807) is 13.0 Å². The van der Waals surface area contributed by atoms with E-state index in [9.17, 15) is 31.1 Å². The van der Waals surface area contributed by atoms with Crippen molar-refractivity contribution in [1.29, 1.82) is 0 Å². The van der Waals surface area contributed by atoms with Crippen LogP contribution in [0.25, 0.3) is 11.1 Å². The highest BCUT2D eigenvalue weighted by atomic mass is 19.4. The number of rotatable bonds is 11. The van der Waals surface area contributed by atoms with Crippen molar-refractivity contribution < 1.29 is 45.7 Å². The number of carbonyl (C=O) groups is 1. The lowest BCUT2D eigenvalue weighted by molar-refractivity contribution is -0.138. The molecule has 0 aliphatic heterocycles. The summed E-state index contributed by atoms with van der Waals surface area (Å²) >= 11 is 0. The lowest BCUT2D eigenvalue weighted by Crippen LogP contribution is -2.17. The average molecular weight is 555 g/mol. The van der Waals surface area contributed by atoms with Gasteiger partial charge in [0.25, 0.3) is 0 Å². The summed E-state index contributed by atoms with van der Waals surface area (Å²) in [5.41, 5.74) is -0.249. The van der Waals surface area contributed by atoms with Crippen LogP contribution in [0.4, 0.5) is 26.3 Å². The molecule has 3 rings (SSSR count). The zero-order valence-corrected chi connectivity index (χ0v) is 21.3. The van der Waals surface area contributed by atoms with Crippen LogP contribution < -0.4 is 9.47 Å². The van der Waals surface area contributed by atoms with Gasteiger partial charge in [-0.15, -0.1) is 0 Å². The van der Waals surface area contributed by atoms with Crippen molar-refractivity contribution in [2.75, 3.05) is 6.61 Å². The Morgan fingerprint density at radius 1 is 0.897 bits per heavy atom. The highest BCUT2D eigenvalue weighted by Gasteiger charge is 2.33. The Kier molecular flexibility index (Phi) is 9.53. The van der Waals surface area contributed by atoms with E-state index in [1.165, 1.54) is 6.07 Å². The Bertz CT molecular complexity index is 1280. The predicted octanol–water partition coefficient (Wildman–Crippen LogP) is 8.21. The van der Waals surface area contributed by atoms with Gasteiger partial charge in [0.15, 0.2) is 0 Å². The first kappa shape index (κ1) is 29.9. The summed E-state index contributed by atoms with van der Waals surface area (Å²) < 4.78 is 91.5. The highest BCUT2D eigenvalue weighted by Crippen LogP contribution is 2.39. The van der Waals surface area contributed by atoms with Gasteiger partial charge in [0.05, 0.1) is 23.8 Å². The average Bonchev–Trinajstić information content (AvgIpc) is 2.86. The monoisotopic (exact) mass is 554 g/mol. The number of hydrogen-bond acceptors (Lipinski definition) is 3. The normalized spacial score (nSPS) is 12.7. The molecule has 0 radical (unpaired) electrons. The number of alkyl halides is 6. The zero-order valence-electron chi connectivity index (χ0n) is 21.3. The number of halogens is 6. The van der Waals surface area contributed by atoms with E-state index in [4.69, 9.17) is 14.6 Å². The molecule has 3 aromatic rings. The molecule has 3 aromatic carbocycles. The minimum Gasteiger partial charge on any atom is -0.493 e. The van der Waals surface area contributed by atoms with Crippen LogP contribution in [0.3, 0.4) is 0 Å². The summed E-state index contributed by atoms with van der Waals surface area (Å²) in [5.74, 6) is -0.279. The molecule has 0 unspecified atom stereocenters. The lowest BCUT2D eigenvalue weighted by atomic mass is 9.99. The molecule has 210 valence electrons. The number of benzene rings is 3. The minimum atomic E-state index is -4.69. The van der Waals surface area contributed by atoms with E-state index in [0.717, 1.165) is 47.5 Å². The second-order valence-corrected chi connectivity index (χ2v) is 9.03. The molecule has 1 N–H and O–H groups in total. The van der Waals surface area contributed by atoms with Crippen LogP contribution in [0, 0.1) is 0 Å². The third kappa shape index (κ3) is 8.40. The Balaban J connectivity index is 1.74. The Morgan fingerprint density at radius 3 is 2.23 bits per heavy atom. The number of aliphatic carboxylic acids is 1. The highest BCUT2D eigenvalue weighted by molar-refractivity contribution is 5.72. The minimum absolute atomic E-state index is 0.0193. The SMILES string of the molecule is CCc1cc(OCC[C@H](C)Oc2ccc(C(F)(F)F)cc2-c2cccc(C(F)(F)F)c2)ccc1CCC(=O)O. The standard InChI is InChI=1S/C29H28F6O4/c1-3-19-16-24(10-7-20(19)8-12-27(36)37)38-14-13-18(2)39-26-11-9-23(29(33,34)35)17-25(26)21-5-4-6-22(15-21)28(30,31)32/h4-7,9-11,15-18H,3,8,12-14H2,1-2H3,(H,36,37)/t18-/m0/s1. The molecule has 0 heterocycles. The van der Waals surface area contributed by atoms with Crippen molar-refractivity contribution in [2.45, 2.75) is 58.0 Å². The number of carboxylic acids is 1. The quantitative estimate of drug-likeness (QED) is 0.243. The molecule has 0 spiro atoms. The van der Waals surface area contributed by atoms with Crippen LogP contribution in [0.2, 0.25) is 0 Å². The van der Waals surface area contributed by atoms with E-state index < -0.39 is 35.6 Å². The van der Waals surface area contributed by atoms with Gasteiger partial charge in [-0.1, -0.05) is 25.1 Å². The molecule has 0 amide bonds. The van der Waals surface area contributed by atoms with Crippen LogP contribution in [-0.4, -0.2) is 23.8 Å². The first-order chi connectivity index (χ1) is 18.3. The fourth-order valence-corrected chi connectivity index (χ4v) is 4.02. The van der Waals surface area contributed by atoms with E-state index in [1.807, 2.05) is 19.1 Å². The Morgan fingerprint density at radius 2 is 1.59 bits per heavy atom. The molecule has 0 fully saturated rings. The number of ether oxygens (including phenoxy) is 2. The summed E-state index contributed by atoms with van der Waals surface area (Å²) in [6.07, 6.45) is -8.42. The molecule has 39 heavy (non-hydrogen) atoms. The van der Waals surface area contributed by atoms with Gasteiger partial charge in [0.2, 0.25) is 0 Å². The van der Waals surface area contributed by atoms with Gasteiger partial charge in [-0.25, -0.2) is 0 Å². The molecule has 0 aliphatic carbocycles. The summed E-state index contributed by atoms with van der Waals surface area (Å²) in [7, 11) is 0. The molecule has 0 aromatic heterocycles. The van der Waals surface area contributed by atoms with Gasteiger partial charge in [-0.05, 0) is 78.9 Å². The molecule has 0 saturated heterocycles. The van der Waals surface area contributed by atoms with Gasteiger partial charge in [0, 0.05) is 18.4 Å². The second kappa shape index (κ2) is 12.4. The van der Waals surface area contributed by atoms with Crippen LogP contribution in [0.1, 0.15) is 48.9 Å². The van der Waals surface area contributed by atoms with Crippen molar-refractivity contribution >= 4 is 5.97 Å². The van der Waals surface area contributed by atoms with Crippen LogP contribution in [0.5, 0.6) is 11.5 Å². The maximum absolute atomic E-state index is 13.4. The fourth-order valence-electron chi connectivity index (χ4n) is 4.02. The molecule has 4 nitrogen and oxygen atoms in total. The maximum atomic E-state index is 13.4. The predicted molar refractivity (Wildman–Crippen MR) is 134 cm³/mol. The van der Waals surface area contributed by atoms with E-state index in [0.29, 0.717) is 25.0 Å². The smallest absolute Gasteiger partial charge is 0.416 e. The molecular weight excluding hydrogens is 526 g/mol. The molecule has 10 heteroatoms. The summed E-state index contributed by atoms with van der Waals surface area (Å²) in [4.78, 5) is 10.9. The lowest BCUT2D eigenvalue weighted by Gasteiger charge is -2.20. The van der Waals surface area contributed by atoms with Crippen molar-refractivity contribution in [3.05, 3.63) is 82.9 Å². The van der Waals surface area contributed by atoms with E-state index >= 15 is 0 Å². The van der Waals surface area contributed by atoms with Crippen LogP contribution in [-0.2, 0) is 30.0 Å². The van der Waals surface area contributed by atoms with Crippen molar-refractivity contribution in [2.24, 2.45) is 0 Å². The number of aryl methyl sites for hydroxylation is 2. The number of carboxylic acid groups (broad SMARTS) is 1. The topological polar surface area (TPSA) is 55.8 Å². The van der Waals surface area contributed by atoms with E-state index in [2.05, 4.69) is 0 Å². The molecule has 0 aliphatic rings. The van der Waals surface area contributed by atoms with Gasteiger partial charge in [-0.3, -0.25) is 4.79 Å².